The van der Waals surface area contributed by atoms with E-state index < -0.39 is 5.79 Å². The first-order valence-corrected chi connectivity index (χ1v) is 13.9. The number of piperazine rings is 1. The highest BCUT2D eigenvalue weighted by Gasteiger charge is 2.40. The van der Waals surface area contributed by atoms with Crippen LogP contribution in [0.15, 0.2) is 66.7 Å². The van der Waals surface area contributed by atoms with Gasteiger partial charge in [-0.1, -0.05) is 41.4 Å². The molecule has 6 nitrogen and oxygen atoms in total. The molecule has 0 radical (unpaired) electrons. The van der Waals surface area contributed by atoms with Gasteiger partial charge in [0.2, 0.25) is 0 Å². The molecule has 0 saturated carbocycles. The van der Waals surface area contributed by atoms with Crippen molar-refractivity contribution in [2.24, 2.45) is 0 Å². The standard InChI is InChI=1S/C30H34Cl2N2O4/c1-30(28-12-7-23(31)19-29(28)32)37-21-27(38-30)20-36-26-10-8-24(9-11-26)34-16-14-33(15-17-34)13-3-5-22-4-2-6-25(35)18-22/h2,4,6-12,18-19,27,35H,3,5,13-17,20-21H2,1H3/t27-,30+/m1/s1. The van der Waals surface area contributed by atoms with E-state index in [1.54, 1.807) is 18.2 Å². The number of hydrogen-bond acceptors (Lipinski definition) is 6. The summed E-state index contributed by atoms with van der Waals surface area (Å²) in [7, 11) is 0. The SMILES string of the molecule is C[C@]1(c2ccc(Cl)cc2Cl)OC[C@@H](COc2ccc(N3CCN(CCCc4cccc(O)c4)CC3)cc2)O1. The molecule has 0 spiro atoms. The number of halogens is 2. The van der Waals surface area contributed by atoms with Crippen LogP contribution in [0, 0.1) is 0 Å². The fourth-order valence-electron chi connectivity index (χ4n) is 5.11. The molecule has 2 heterocycles. The van der Waals surface area contributed by atoms with Crippen LogP contribution in [0.25, 0.3) is 0 Å². The second kappa shape index (κ2) is 12.1. The lowest BCUT2D eigenvalue weighted by Gasteiger charge is -2.36. The van der Waals surface area contributed by atoms with E-state index in [0.29, 0.717) is 29.0 Å². The number of hydrogen-bond donors (Lipinski definition) is 1. The minimum Gasteiger partial charge on any atom is -0.508 e. The molecule has 0 bridgehead atoms. The summed E-state index contributed by atoms with van der Waals surface area (Å²) in [6.07, 6.45) is 1.88. The van der Waals surface area contributed by atoms with Crippen LogP contribution >= 0.6 is 23.2 Å². The van der Waals surface area contributed by atoms with Gasteiger partial charge in [0.15, 0.2) is 5.79 Å². The van der Waals surface area contributed by atoms with Crippen LogP contribution in [0.1, 0.15) is 24.5 Å². The minimum atomic E-state index is -0.924. The summed E-state index contributed by atoms with van der Waals surface area (Å²) in [4.78, 5) is 4.94. The molecule has 2 saturated heterocycles. The third-order valence-corrected chi connectivity index (χ3v) is 7.76. The smallest absolute Gasteiger partial charge is 0.194 e. The van der Waals surface area contributed by atoms with Crippen LogP contribution in [0.3, 0.4) is 0 Å². The third kappa shape index (κ3) is 6.74. The van der Waals surface area contributed by atoms with E-state index in [2.05, 4.69) is 28.0 Å². The Bertz CT molecular complexity index is 1220. The predicted octanol–water partition coefficient (Wildman–Crippen LogP) is 6.12. The fraction of sp³-hybridized carbons (Fsp3) is 0.400. The maximum atomic E-state index is 9.63. The Labute approximate surface area is 234 Å². The van der Waals surface area contributed by atoms with Gasteiger partial charge in [-0.05, 0) is 80.4 Å². The van der Waals surface area contributed by atoms with Crippen LogP contribution in [-0.4, -0.2) is 62.0 Å². The molecule has 8 heteroatoms. The molecule has 5 rings (SSSR count). The zero-order chi connectivity index (χ0) is 26.5. The quantitative estimate of drug-likeness (QED) is 0.342. The largest absolute Gasteiger partial charge is 0.508 e. The Kier molecular flexibility index (Phi) is 8.66. The first-order valence-electron chi connectivity index (χ1n) is 13.1. The van der Waals surface area contributed by atoms with Crippen molar-refractivity contribution in [1.82, 2.24) is 4.90 Å². The number of aryl methyl sites for hydroxylation is 1. The Morgan fingerprint density at radius 3 is 2.53 bits per heavy atom. The van der Waals surface area contributed by atoms with E-state index in [0.717, 1.165) is 56.9 Å². The highest BCUT2D eigenvalue weighted by Crippen LogP contribution is 2.38. The molecule has 1 N–H and O–H groups in total. The maximum absolute atomic E-state index is 9.63. The van der Waals surface area contributed by atoms with Crippen LogP contribution in [0.5, 0.6) is 11.5 Å². The number of benzene rings is 3. The number of rotatable bonds is 9. The molecule has 0 unspecified atom stereocenters. The first kappa shape index (κ1) is 27.1. The lowest BCUT2D eigenvalue weighted by molar-refractivity contribution is -0.164. The Morgan fingerprint density at radius 2 is 1.79 bits per heavy atom. The fourth-order valence-corrected chi connectivity index (χ4v) is 5.69. The topological polar surface area (TPSA) is 54.4 Å². The molecule has 202 valence electrons. The minimum absolute atomic E-state index is 0.202. The molecule has 3 aromatic carbocycles. The second-order valence-electron chi connectivity index (χ2n) is 10.0. The van der Waals surface area contributed by atoms with Gasteiger partial charge in [-0.15, -0.1) is 0 Å². The Balaban J connectivity index is 1.04. The molecule has 38 heavy (non-hydrogen) atoms. The zero-order valence-electron chi connectivity index (χ0n) is 21.6. The number of anilines is 1. The number of aromatic hydroxyl groups is 1. The van der Waals surface area contributed by atoms with Crippen molar-refractivity contribution in [3.63, 3.8) is 0 Å². The molecular formula is C30H34Cl2N2O4. The van der Waals surface area contributed by atoms with E-state index in [1.807, 2.05) is 37.3 Å². The third-order valence-electron chi connectivity index (χ3n) is 7.22. The van der Waals surface area contributed by atoms with Crippen molar-refractivity contribution < 1.29 is 19.3 Å². The van der Waals surface area contributed by atoms with E-state index >= 15 is 0 Å². The Morgan fingerprint density at radius 1 is 1.00 bits per heavy atom. The lowest BCUT2D eigenvalue weighted by Crippen LogP contribution is -2.46. The summed E-state index contributed by atoms with van der Waals surface area (Å²) >= 11 is 12.4. The van der Waals surface area contributed by atoms with Crippen molar-refractivity contribution in [1.29, 1.82) is 0 Å². The van der Waals surface area contributed by atoms with Crippen molar-refractivity contribution in [2.45, 2.75) is 31.7 Å². The summed E-state index contributed by atoms with van der Waals surface area (Å²) in [6, 6.07) is 21.1. The summed E-state index contributed by atoms with van der Waals surface area (Å²) in [5.74, 6) is 0.226. The molecule has 0 aliphatic carbocycles. The van der Waals surface area contributed by atoms with Crippen molar-refractivity contribution >= 4 is 28.9 Å². The average molecular weight is 558 g/mol. The highest BCUT2D eigenvalue weighted by molar-refractivity contribution is 6.35. The lowest BCUT2D eigenvalue weighted by atomic mass is 10.1. The monoisotopic (exact) mass is 556 g/mol. The van der Waals surface area contributed by atoms with Crippen molar-refractivity contribution in [3.05, 3.63) is 87.9 Å². The van der Waals surface area contributed by atoms with Gasteiger partial charge in [0.05, 0.1) is 11.6 Å². The molecule has 0 amide bonds. The molecule has 2 fully saturated rings. The molecule has 2 aliphatic rings. The zero-order valence-corrected chi connectivity index (χ0v) is 23.1. The van der Waals surface area contributed by atoms with Crippen LogP contribution in [0.4, 0.5) is 5.69 Å². The van der Waals surface area contributed by atoms with Gasteiger partial charge >= 0.3 is 0 Å². The first-order chi connectivity index (χ1) is 18.4. The van der Waals surface area contributed by atoms with Crippen LogP contribution < -0.4 is 9.64 Å². The maximum Gasteiger partial charge on any atom is 0.194 e. The second-order valence-corrected chi connectivity index (χ2v) is 10.9. The molecular weight excluding hydrogens is 523 g/mol. The van der Waals surface area contributed by atoms with Crippen molar-refractivity contribution in [2.75, 3.05) is 50.8 Å². The van der Waals surface area contributed by atoms with E-state index in [4.69, 9.17) is 37.4 Å². The van der Waals surface area contributed by atoms with Gasteiger partial charge in [0.1, 0.15) is 24.2 Å². The number of phenols is 1. The van der Waals surface area contributed by atoms with Gasteiger partial charge in [-0.25, -0.2) is 0 Å². The van der Waals surface area contributed by atoms with Crippen molar-refractivity contribution in [3.8, 4) is 11.5 Å². The van der Waals surface area contributed by atoms with Crippen LogP contribution in [-0.2, 0) is 21.7 Å². The predicted molar refractivity (Wildman–Crippen MR) is 152 cm³/mol. The van der Waals surface area contributed by atoms with Crippen LogP contribution in [0.2, 0.25) is 10.0 Å². The van der Waals surface area contributed by atoms with Gasteiger partial charge < -0.3 is 24.2 Å². The summed E-state index contributed by atoms with van der Waals surface area (Å²) < 4.78 is 18.1. The number of phenolic OH excluding ortho intramolecular Hbond substituents is 1. The average Bonchev–Trinajstić information content (AvgIpc) is 3.30. The molecule has 3 aromatic rings. The van der Waals surface area contributed by atoms with E-state index in [9.17, 15) is 5.11 Å². The molecule has 2 atom stereocenters. The number of ether oxygens (including phenoxy) is 3. The molecule has 2 aliphatic heterocycles. The highest BCUT2D eigenvalue weighted by atomic mass is 35.5. The summed E-state index contributed by atoms with van der Waals surface area (Å²) in [5.41, 5.74) is 3.16. The molecule has 0 aromatic heterocycles. The summed E-state index contributed by atoms with van der Waals surface area (Å²) in [5, 5.41) is 10.7. The van der Waals surface area contributed by atoms with Gasteiger partial charge in [0.25, 0.3) is 0 Å². The van der Waals surface area contributed by atoms with E-state index in [-0.39, 0.29) is 6.10 Å². The number of nitrogens with zero attached hydrogens (tertiary/aromatic N) is 2. The van der Waals surface area contributed by atoms with Gasteiger partial charge in [0, 0.05) is 42.5 Å². The normalized spacial score (nSPS) is 22.1. The van der Waals surface area contributed by atoms with Gasteiger partial charge in [-0.2, -0.15) is 0 Å². The summed E-state index contributed by atoms with van der Waals surface area (Å²) in [6.45, 7) is 7.86. The van der Waals surface area contributed by atoms with E-state index in [1.165, 1.54) is 11.3 Å². The Hall–Kier alpha value is -2.48. The van der Waals surface area contributed by atoms with Gasteiger partial charge in [-0.3, -0.25) is 4.90 Å².